The first-order valence-electron chi connectivity index (χ1n) is 10.1. The highest BCUT2D eigenvalue weighted by atomic mass is 14.0. The zero-order valence-electron chi connectivity index (χ0n) is 19.7. The first-order valence-corrected chi connectivity index (χ1v) is 10.1. The zero-order chi connectivity index (χ0) is 22.7. The van der Waals surface area contributed by atoms with Crippen LogP contribution in [0.1, 0.15) is 62.3 Å². The molecule has 1 aromatic carbocycles. The Bertz CT molecular complexity index is 577. The summed E-state index contributed by atoms with van der Waals surface area (Å²) in [6.07, 6.45) is 9.14. The Morgan fingerprint density at radius 3 is 1.48 bits per heavy atom. The van der Waals surface area contributed by atoms with Gasteiger partial charge in [0.05, 0.1) is 0 Å². The standard InChI is InChI=1S/C15H16.C4H6.4C2H6/c1-5-12(3)14(6-2)11-15-10-8-7-9-13(15)4;1-3-4-2;4*1-2/h5-11H,1,3-4H2,2H3;3-4H,1-2H2;4*1-2H3/b14-6-,15-11-;;;;;. The van der Waals surface area contributed by atoms with Crippen LogP contribution in [0.3, 0.4) is 0 Å². The summed E-state index contributed by atoms with van der Waals surface area (Å²) in [7, 11) is 0. The van der Waals surface area contributed by atoms with E-state index >= 15 is 0 Å². The maximum atomic E-state index is 3.98. The van der Waals surface area contributed by atoms with E-state index < -0.39 is 0 Å². The van der Waals surface area contributed by atoms with Gasteiger partial charge in [0, 0.05) is 0 Å². The van der Waals surface area contributed by atoms with Crippen molar-refractivity contribution in [2.75, 3.05) is 0 Å². The van der Waals surface area contributed by atoms with Crippen molar-refractivity contribution in [2.24, 2.45) is 0 Å². The molecule has 0 heterocycles. The Labute approximate surface area is 171 Å². The smallest absolute Gasteiger partial charge is 0.0184 e. The minimum atomic E-state index is 0.931. The summed E-state index contributed by atoms with van der Waals surface area (Å²) >= 11 is 0. The van der Waals surface area contributed by atoms with Gasteiger partial charge in [0.15, 0.2) is 0 Å². The monoisotopic (exact) mass is 370 g/mol. The van der Waals surface area contributed by atoms with E-state index in [0.29, 0.717) is 0 Å². The van der Waals surface area contributed by atoms with Crippen LogP contribution in [0.4, 0.5) is 0 Å². The van der Waals surface area contributed by atoms with Gasteiger partial charge in [-0.1, -0.05) is 137 Å². The summed E-state index contributed by atoms with van der Waals surface area (Å²) < 4.78 is 0. The number of rotatable bonds is 4. The van der Waals surface area contributed by atoms with Crippen molar-refractivity contribution in [3.8, 4) is 0 Å². The topological polar surface area (TPSA) is 0 Å². The van der Waals surface area contributed by atoms with E-state index in [2.05, 4.69) is 39.0 Å². The minimum Gasteiger partial charge on any atom is -0.0991 e. The Morgan fingerprint density at radius 2 is 1.19 bits per heavy atom. The second kappa shape index (κ2) is 34.9. The molecule has 0 nitrogen and oxygen atoms in total. The first-order chi connectivity index (χ1) is 13.1. The lowest BCUT2D eigenvalue weighted by molar-refractivity contribution is 1.50. The largest absolute Gasteiger partial charge is 0.0991 e. The van der Waals surface area contributed by atoms with Crippen molar-refractivity contribution in [1.82, 2.24) is 0 Å². The molecule has 0 atom stereocenters. The molecule has 154 valence electrons. The van der Waals surface area contributed by atoms with Gasteiger partial charge in [-0.15, -0.1) is 0 Å². The summed E-state index contributed by atoms with van der Waals surface area (Å²) in [6, 6.07) is 8.03. The van der Waals surface area contributed by atoms with Crippen LogP contribution in [0, 0.1) is 0 Å². The third kappa shape index (κ3) is 23.7. The van der Waals surface area contributed by atoms with Crippen molar-refractivity contribution in [3.63, 3.8) is 0 Å². The fraction of sp³-hybridized carbons (Fsp3) is 0.333. The Hall–Kier alpha value is -2.34. The van der Waals surface area contributed by atoms with E-state index in [4.69, 9.17) is 0 Å². The van der Waals surface area contributed by atoms with Gasteiger partial charge in [0.25, 0.3) is 0 Å². The molecule has 0 bridgehead atoms. The first kappa shape index (κ1) is 35.7. The lowest BCUT2D eigenvalue weighted by Crippen LogP contribution is -2.22. The van der Waals surface area contributed by atoms with Gasteiger partial charge in [-0.05, 0) is 34.6 Å². The highest BCUT2D eigenvalue weighted by Crippen LogP contribution is 2.09. The van der Waals surface area contributed by atoms with Gasteiger partial charge in [0.1, 0.15) is 0 Å². The molecule has 27 heavy (non-hydrogen) atoms. The molecule has 0 heteroatoms. The van der Waals surface area contributed by atoms with Crippen molar-refractivity contribution < 1.29 is 0 Å². The lowest BCUT2D eigenvalue weighted by atomic mass is 10.1. The van der Waals surface area contributed by atoms with Crippen LogP contribution >= 0.6 is 0 Å². The van der Waals surface area contributed by atoms with E-state index in [9.17, 15) is 0 Å². The van der Waals surface area contributed by atoms with Crippen LogP contribution < -0.4 is 10.4 Å². The summed E-state index contributed by atoms with van der Waals surface area (Å²) in [5.74, 6) is 0. The molecule has 0 fully saturated rings. The van der Waals surface area contributed by atoms with Crippen molar-refractivity contribution >= 4 is 12.7 Å². The second-order valence-corrected chi connectivity index (χ2v) is 3.79. The summed E-state index contributed by atoms with van der Waals surface area (Å²) in [6.45, 7) is 36.3. The highest BCUT2D eigenvalue weighted by Gasteiger charge is 1.92. The molecule has 0 aromatic heterocycles. The SMILES string of the molecule is C=CC(=C)C(=C\C)/C=c1/ccccc1=C.C=CC=C.CC.CC.CC.CC. The molecular weight excluding hydrogens is 324 g/mol. The average molecular weight is 371 g/mol. The molecule has 0 aliphatic rings. The van der Waals surface area contributed by atoms with Crippen molar-refractivity contribution in [3.05, 3.63) is 96.5 Å². The minimum absolute atomic E-state index is 0.931. The maximum absolute atomic E-state index is 3.98. The van der Waals surface area contributed by atoms with E-state index in [1.807, 2.05) is 92.7 Å². The average Bonchev–Trinajstić information content (AvgIpc) is 2.78. The summed E-state index contributed by atoms with van der Waals surface area (Å²) in [5, 5.41) is 2.14. The van der Waals surface area contributed by atoms with Crippen LogP contribution in [-0.2, 0) is 0 Å². The zero-order valence-corrected chi connectivity index (χ0v) is 19.7. The Balaban J connectivity index is -0.000000113. The third-order valence-corrected chi connectivity index (χ3v) is 2.46. The summed E-state index contributed by atoms with van der Waals surface area (Å²) in [4.78, 5) is 0. The maximum Gasteiger partial charge on any atom is -0.0184 e. The van der Waals surface area contributed by atoms with Crippen molar-refractivity contribution in [2.45, 2.75) is 62.3 Å². The molecule has 0 aliphatic carbocycles. The molecule has 0 aliphatic heterocycles. The van der Waals surface area contributed by atoms with Gasteiger partial charge in [0.2, 0.25) is 0 Å². The fourth-order valence-corrected chi connectivity index (χ4v) is 1.32. The van der Waals surface area contributed by atoms with Crippen LogP contribution in [-0.4, -0.2) is 0 Å². The predicted molar refractivity (Wildman–Crippen MR) is 135 cm³/mol. The molecule has 0 saturated heterocycles. The van der Waals surface area contributed by atoms with Gasteiger partial charge < -0.3 is 0 Å². The van der Waals surface area contributed by atoms with E-state index in [0.717, 1.165) is 21.6 Å². The number of hydrogen-bond acceptors (Lipinski definition) is 0. The van der Waals surface area contributed by atoms with Crippen LogP contribution in [0.5, 0.6) is 0 Å². The normalized spacial score (nSPS) is 8.63. The Kier molecular flexibility index (Phi) is 46.2. The van der Waals surface area contributed by atoms with Gasteiger partial charge >= 0.3 is 0 Å². The molecule has 0 radical (unpaired) electrons. The van der Waals surface area contributed by atoms with E-state index in [1.165, 1.54) is 0 Å². The lowest BCUT2D eigenvalue weighted by Gasteiger charge is -1.99. The van der Waals surface area contributed by atoms with Gasteiger partial charge in [-0.3, -0.25) is 0 Å². The van der Waals surface area contributed by atoms with Crippen LogP contribution in [0.2, 0.25) is 0 Å². The van der Waals surface area contributed by atoms with Crippen LogP contribution in [0.15, 0.2) is 86.0 Å². The molecule has 0 amide bonds. The highest BCUT2D eigenvalue weighted by molar-refractivity contribution is 5.59. The molecule has 0 saturated carbocycles. The van der Waals surface area contributed by atoms with E-state index in [1.54, 1.807) is 18.2 Å². The quantitative estimate of drug-likeness (QED) is 0.470. The molecular formula is C27H46. The number of benzene rings is 1. The van der Waals surface area contributed by atoms with Gasteiger partial charge in [-0.25, -0.2) is 0 Å². The van der Waals surface area contributed by atoms with Crippen LogP contribution in [0.25, 0.3) is 12.7 Å². The number of allylic oxidation sites excluding steroid dienone is 6. The van der Waals surface area contributed by atoms with Crippen molar-refractivity contribution in [1.29, 1.82) is 0 Å². The van der Waals surface area contributed by atoms with Gasteiger partial charge in [-0.2, -0.15) is 0 Å². The van der Waals surface area contributed by atoms with E-state index in [-0.39, 0.29) is 0 Å². The molecule has 1 rings (SSSR count). The second-order valence-electron chi connectivity index (χ2n) is 3.79. The molecule has 1 aromatic rings. The summed E-state index contributed by atoms with van der Waals surface area (Å²) in [5.41, 5.74) is 2.02. The Morgan fingerprint density at radius 1 is 0.778 bits per heavy atom. The predicted octanol–water partition coefficient (Wildman–Crippen LogP) is 8.03. The molecule has 0 unspecified atom stereocenters. The third-order valence-electron chi connectivity index (χ3n) is 2.46. The number of hydrogen-bond donors (Lipinski definition) is 0. The molecule has 0 spiro atoms. The fourth-order valence-electron chi connectivity index (χ4n) is 1.32. The molecule has 0 N–H and O–H groups in total.